The van der Waals surface area contributed by atoms with Gasteiger partial charge in [-0.3, -0.25) is 19.0 Å². The van der Waals surface area contributed by atoms with Crippen molar-refractivity contribution in [2.45, 2.75) is 38.3 Å². The Morgan fingerprint density at radius 3 is 2.91 bits per heavy atom. The Balaban J connectivity index is 1.18. The summed E-state index contributed by atoms with van der Waals surface area (Å²) in [5.74, 6) is 1.71. The third kappa shape index (κ3) is 3.13. The summed E-state index contributed by atoms with van der Waals surface area (Å²) < 4.78 is 9.38. The van der Waals surface area contributed by atoms with E-state index in [0.29, 0.717) is 42.8 Å². The molecule has 1 saturated heterocycles. The van der Waals surface area contributed by atoms with Crippen molar-refractivity contribution in [3.8, 4) is 5.75 Å². The van der Waals surface area contributed by atoms with Crippen molar-refractivity contribution >= 4 is 16.8 Å². The molecular formula is C24H24N4O4. The molecule has 1 amide bonds. The molecule has 2 bridgehead atoms. The fourth-order valence-corrected chi connectivity index (χ4v) is 5.49. The normalized spacial score (nSPS) is 21.3. The number of piperidine rings is 1. The van der Waals surface area contributed by atoms with Crippen LogP contribution in [0.3, 0.4) is 0 Å². The van der Waals surface area contributed by atoms with Crippen LogP contribution in [0.15, 0.2) is 46.0 Å². The Morgan fingerprint density at radius 1 is 1.09 bits per heavy atom. The molecule has 8 heteroatoms. The Bertz CT molecular complexity index is 1360. The van der Waals surface area contributed by atoms with Gasteiger partial charge < -0.3 is 14.2 Å². The number of pyridine rings is 1. The smallest absolute Gasteiger partial charge is 0.261 e. The third-order valence-electron chi connectivity index (χ3n) is 6.98. The lowest BCUT2D eigenvalue weighted by Crippen LogP contribution is -2.50. The average molecular weight is 432 g/mol. The Labute approximate surface area is 184 Å². The van der Waals surface area contributed by atoms with E-state index in [0.717, 1.165) is 30.8 Å². The fraction of sp³-hybridized carbons (Fsp3) is 0.417. The number of nitrogens with zero attached hydrogens (tertiary/aromatic N) is 4. The Morgan fingerprint density at radius 2 is 2.00 bits per heavy atom. The summed E-state index contributed by atoms with van der Waals surface area (Å²) in [5, 5.41) is 0.523. The van der Waals surface area contributed by atoms with Crippen LogP contribution < -0.4 is 15.9 Å². The number of amides is 1. The summed E-state index contributed by atoms with van der Waals surface area (Å²) in [5.41, 5.74) is 1.67. The maximum atomic E-state index is 12.9. The summed E-state index contributed by atoms with van der Waals surface area (Å²) in [4.78, 5) is 44.3. The van der Waals surface area contributed by atoms with Crippen molar-refractivity contribution in [1.82, 2.24) is 19.0 Å². The molecule has 0 aliphatic carbocycles. The number of hydrogen-bond acceptors (Lipinski definition) is 5. The van der Waals surface area contributed by atoms with Crippen LogP contribution in [0.5, 0.6) is 5.75 Å². The van der Waals surface area contributed by atoms with Crippen LogP contribution in [0.4, 0.5) is 0 Å². The van der Waals surface area contributed by atoms with Crippen molar-refractivity contribution in [3.05, 3.63) is 68.6 Å². The second-order valence-electron chi connectivity index (χ2n) is 9.05. The number of hydrogen-bond donors (Lipinski definition) is 0. The van der Waals surface area contributed by atoms with Gasteiger partial charge in [0.15, 0.2) is 6.61 Å². The average Bonchev–Trinajstić information content (AvgIpc) is 3.27. The summed E-state index contributed by atoms with van der Waals surface area (Å²) >= 11 is 0. The summed E-state index contributed by atoms with van der Waals surface area (Å²) in [6, 6.07) is 10.6. The molecule has 164 valence electrons. The van der Waals surface area contributed by atoms with Gasteiger partial charge in [0.05, 0.1) is 10.9 Å². The van der Waals surface area contributed by atoms with Crippen molar-refractivity contribution in [1.29, 1.82) is 0 Å². The van der Waals surface area contributed by atoms with E-state index in [2.05, 4.69) is 4.98 Å². The molecule has 1 unspecified atom stereocenters. The lowest BCUT2D eigenvalue weighted by atomic mass is 9.83. The monoisotopic (exact) mass is 432 g/mol. The molecule has 1 aromatic carbocycles. The van der Waals surface area contributed by atoms with E-state index in [4.69, 9.17) is 4.74 Å². The number of fused-ring (bicyclic) bond motifs is 6. The number of aromatic nitrogens is 3. The zero-order valence-corrected chi connectivity index (χ0v) is 17.7. The zero-order valence-electron chi connectivity index (χ0n) is 17.7. The van der Waals surface area contributed by atoms with Gasteiger partial charge in [-0.05, 0) is 43.0 Å². The van der Waals surface area contributed by atoms with Gasteiger partial charge in [-0.25, -0.2) is 4.98 Å². The minimum atomic E-state index is -0.0771. The molecule has 5 heterocycles. The number of aryl methyl sites for hydroxylation is 1. The van der Waals surface area contributed by atoms with E-state index in [1.165, 1.54) is 0 Å². The number of ether oxygens (including phenoxy) is 1. The molecule has 2 aromatic heterocycles. The largest absolute Gasteiger partial charge is 0.484 e. The van der Waals surface area contributed by atoms with Crippen LogP contribution in [-0.4, -0.2) is 44.6 Å². The molecule has 3 aliphatic rings. The number of carbonyl (C=O) groups is 1. The maximum absolute atomic E-state index is 12.9. The first-order chi connectivity index (χ1) is 15.6. The van der Waals surface area contributed by atoms with Crippen LogP contribution >= 0.6 is 0 Å². The number of likely N-dealkylation sites (tertiary alicyclic amines) is 1. The van der Waals surface area contributed by atoms with Gasteiger partial charge in [0.25, 0.3) is 17.0 Å². The van der Waals surface area contributed by atoms with Crippen molar-refractivity contribution in [2.24, 2.45) is 5.92 Å². The Hall–Kier alpha value is -3.42. The van der Waals surface area contributed by atoms with Crippen molar-refractivity contribution in [3.63, 3.8) is 0 Å². The van der Waals surface area contributed by atoms with Gasteiger partial charge >= 0.3 is 0 Å². The van der Waals surface area contributed by atoms with Gasteiger partial charge in [0.2, 0.25) is 0 Å². The molecule has 2 atom stereocenters. The molecular weight excluding hydrogens is 408 g/mol. The van der Waals surface area contributed by atoms with Crippen LogP contribution in [0, 0.1) is 5.92 Å². The lowest BCUT2D eigenvalue weighted by molar-refractivity contribution is -0.136. The topological polar surface area (TPSA) is 86.4 Å². The number of carbonyl (C=O) groups excluding carboxylic acids is 1. The highest BCUT2D eigenvalue weighted by Crippen LogP contribution is 2.35. The number of rotatable bonds is 3. The molecule has 0 saturated carbocycles. The van der Waals surface area contributed by atoms with Crippen molar-refractivity contribution in [2.75, 3.05) is 19.7 Å². The van der Waals surface area contributed by atoms with Crippen molar-refractivity contribution < 1.29 is 9.53 Å². The molecule has 6 rings (SSSR count). The third-order valence-corrected chi connectivity index (χ3v) is 6.98. The minimum absolute atomic E-state index is 0.0349. The van der Waals surface area contributed by atoms with Crippen LogP contribution in [0.2, 0.25) is 0 Å². The molecule has 1 fully saturated rings. The quantitative estimate of drug-likeness (QED) is 0.627. The molecule has 8 nitrogen and oxygen atoms in total. The number of benzene rings is 1. The van der Waals surface area contributed by atoms with Crippen LogP contribution in [0.25, 0.3) is 10.9 Å². The standard InChI is InChI=1S/C24H24N4O4/c29-22-5-1-3-20-16-9-15(12-28(20)22)11-26(13-16)23(30)14-32-17-6-7-19-18(10-17)24(31)27-8-2-4-21(27)25-19/h1,3,5-7,10,15-16H,2,4,8-9,11-14H2/t15-,16?/m0/s1. The molecule has 0 radical (unpaired) electrons. The van der Waals surface area contributed by atoms with E-state index < -0.39 is 0 Å². The van der Waals surface area contributed by atoms with E-state index in [1.54, 1.807) is 34.9 Å². The predicted octanol–water partition coefficient (Wildman–Crippen LogP) is 1.53. The molecule has 0 spiro atoms. The molecule has 3 aliphatic heterocycles. The second kappa shape index (κ2) is 7.32. The van der Waals surface area contributed by atoms with Gasteiger partial charge in [-0.1, -0.05) is 6.07 Å². The second-order valence-corrected chi connectivity index (χ2v) is 9.05. The van der Waals surface area contributed by atoms with Gasteiger partial charge in [0.1, 0.15) is 11.6 Å². The highest BCUT2D eigenvalue weighted by atomic mass is 16.5. The molecule has 3 aromatic rings. The van der Waals surface area contributed by atoms with E-state index >= 15 is 0 Å². The highest BCUT2D eigenvalue weighted by Gasteiger charge is 2.36. The van der Waals surface area contributed by atoms with E-state index in [9.17, 15) is 14.4 Å². The zero-order chi connectivity index (χ0) is 21.8. The summed E-state index contributed by atoms with van der Waals surface area (Å²) in [7, 11) is 0. The maximum Gasteiger partial charge on any atom is 0.261 e. The Kier molecular flexibility index (Phi) is 4.41. The molecule has 32 heavy (non-hydrogen) atoms. The van der Waals surface area contributed by atoms with E-state index in [-0.39, 0.29) is 35.5 Å². The predicted molar refractivity (Wildman–Crippen MR) is 118 cm³/mol. The first-order valence-electron chi connectivity index (χ1n) is 11.2. The summed E-state index contributed by atoms with van der Waals surface area (Å²) in [6.07, 6.45) is 2.77. The van der Waals surface area contributed by atoms with Gasteiger partial charge in [0, 0.05) is 50.3 Å². The van der Waals surface area contributed by atoms with E-state index in [1.807, 2.05) is 15.5 Å². The lowest BCUT2D eigenvalue weighted by Gasteiger charge is -2.42. The van der Waals surface area contributed by atoms with Crippen LogP contribution in [-0.2, 0) is 24.3 Å². The van der Waals surface area contributed by atoms with Gasteiger partial charge in [-0.15, -0.1) is 0 Å². The highest BCUT2D eigenvalue weighted by molar-refractivity contribution is 5.80. The fourth-order valence-electron chi connectivity index (χ4n) is 5.49. The van der Waals surface area contributed by atoms with Crippen LogP contribution in [0.1, 0.15) is 30.3 Å². The minimum Gasteiger partial charge on any atom is -0.484 e. The van der Waals surface area contributed by atoms with Gasteiger partial charge in [-0.2, -0.15) is 0 Å². The first-order valence-corrected chi connectivity index (χ1v) is 11.2. The SMILES string of the molecule is O=C(COc1ccc2nc3n(c(=O)c2c1)CCC3)N1CC2C[C@@H](C1)Cn1c2cccc1=O. The first kappa shape index (κ1) is 19.3. The molecule has 0 N–H and O–H groups in total. The summed E-state index contributed by atoms with van der Waals surface area (Å²) in [6.45, 7) is 2.51.